The Kier molecular flexibility index (Phi) is 5.15. The van der Waals surface area contributed by atoms with E-state index in [1.807, 2.05) is 0 Å². The summed E-state index contributed by atoms with van der Waals surface area (Å²) in [7, 11) is -8.71. The van der Waals surface area contributed by atoms with Crippen LogP contribution in [0.1, 0.15) is 0 Å². The lowest BCUT2D eigenvalue weighted by atomic mass is 10.3. The van der Waals surface area contributed by atoms with E-state index in [-0.39, 0.29) is 20.8 Å². The Balaban J connectivity index is 2.37. The molecule has 0 atom stereocenters. The zero-order valence-electron chi connectivity index (χ0n) is 10.9. The Labute approximate surface area is 147 Å². The van der Waals surface area contributed by atoms with Gasteiger partial charge in [-0.1, -0.05) is 34.8 Å². The Morgan fingerprint density at radius 2 is 1.35 bits per heavy atom. The highest BCUT2D eigenvalue weighted by molar-refractivity contribution is 7.87. The molecule has 0 saturated heterocycles. The monoisotopic (exact) mass is 416 g/mol. The highest BCUT2D eigenvalue weighted by Crippen LogP contribution is 2.33. The molecule has 2 rings (SSSR count). The van der Waals surface area contributed by atoms with Crippen LogP contribution in [0.25, 0.3) is 0 Å². The van der Waals surface area contributed by atoms with Gasteiger partial charge in [0.2, 0.25) is 0 Å². The molecule has 11 heteroatoms. The molecule has 0 heterocycles. The number of hydrogen-bond donors (Lipinski definition) is 1. The predicted molar refractivity (Wildman–Crippen MR) is 85.5 cm³/mol. The van der Waals surface area contributed by atoms with Gasteiger partial charge in [-0.05, 0) is 36.4 Å². The van der Waals surface area contributed by atoms with Gasteiger partial charge < -0.3 is 4.18 Å². The van der Waals surface area contributed by atoms with Crippen molar-refractivity contribution in [1.82, 2.24) is 0 Å². The lowest BCUT2D eigenvalue weighted by Gasteiger charge is -2.09. The predicted octanol–water partition coefficient (Wildman–Crippen LogP) is 3.66. The maximum Gasteiger partial charge on any atom is 0.340 e. The summed E-state index contributed by atoms with van der Waals surface area (Å²) in [6, 6.07) is 6.28. The van der Waals surface area contributed by atoms with Gasteiger partial charge in [0.25, 0.3) is 10.1 Å². The van der Waals surface area contributed by atoms with Gasteiger partial charge in [0.15, 0.2) is 0 Å². The van der Waals surface area contributed by atoms with Crippen LogP contribution >= 0.6 is 34.8 Å². The van der Waals surface area contributed by atoms with E-state index >= 15 is 0 Å². The van der Waals surface area contributed by atoms with Gasteiger partial charge >= 0.3 is 10.1 Å². The minimum Gasteiger partial charge on any atom is -0.379 e. The summed E-state index contributed by atoms with van der Waals surface area (Å²) in [6.45, 7) is 0. The van der Waals surface area contributed by atoms with E-state index in [0.29, 0.717) is 0 Å². The third-order valence-corrected chi connectivity index (χ3v) is 5.87. The Morgan fingerprint density at radius 1 is 0.826 bits per heavy atom. The second-order valence-corrected chi connectivity index (χ2v) is 8.34. The molecule has 0 bridgehead atoms. The maximum atomic E-state index is 12.2. The van der Waals surface area contributed by atoms with Crippen molar-refractivity contribution in [1.29, 1.82) is 0 Å². The summed E-state index contributed by atoms with van der Waals surface area (Å²) in [5, 5.41) is -0.137. The van der Waals surface area contributed by atoms with Crippen molar-refractivity contribution >= 4 is 55.0 Å². The van der Waals surface area contributed by atoms with Gasteiger partial charge in [-0.2, -0.15) is 16.8 Å². The quantitative estimate of drug-likeness (QED) is 0.463. The number of rotatable bonds is 4. The fourth-order valence-electron chi connectivity index (χ4n) is 1.53. The minimum atomic E-state index is -4.39. The van der Waals surface area contributed by atoms with Crippen LogP contribution in [0.15, 0.2) is 46.2 Å². The van der Waals surface area contributed by atoms with Gasteiger partial charge in [0.1, 0.15) is 10.6 Å². The van der Waals surface area contributed by atoms with Crippen LogP contribution in [0, 0.1) is 0 Å². The first-order valence-corrected chi connectivity index (χ1v) is 9.65. The van der Waals surface area contributed by atoms with Gasteiger partial charge in [-0.3, -0.25) is 4.55 Å². The van der Waals surface area contributed by atoms with Crippen molar-refractivity contribution in [3.63, 3.8) is 0 Å². The van der Waals surface area contributed by atoms with E-state index in [9.17, 15) is 16.8 Å². The lowest BCUT2D eigenvalue weighted by molar-refractivity contribution is 0.482. The molecule has 0 fully saturated rings. The molecular formula is C12H7Cl3O6S2. The largest absolute Gasteiger partial charge is 0.379 e. The summed E-state index contributed by atoms with van der Waals surface area (Å²) >= 11 is 17.3. The number of hydrogen-bond acceptors (Lipinski definition) is 5. The van der Waals surface area contributed by atoms with Gasteiger partial charge in [-0.25, -0.2) is 0 Å². The van der Waals surface area contributed by atoms with Gasteiger partial charge in [0.05, 0.1) is 20.0 Å². The average Bonchev–Trinajstić information content (AvgIpc) is 2.41. The molecule has 0 unspecified atom stereocenters. The Bertz CT molecular complexity index is 953. The standard InChI is InChI=1S/C12H7Cl3O6S2/c13-9-5-11(15)12(6-10(9)14)23(19,20)21-7-1-3-8(4-2-7)22(16,17)18/h1-6H,(H,16,17,18). The zero-order valence-corrected chi connectivity index (χ0v) is 14.8. The molecule has 0 aliphatic rings. The molecule has 0 aromatic heterocycles. The normalized spacial score (nSPS) is 12.2. The molecule has 0 saturated carbocycles. The summed E-state index contributed by atoms with van der Waals surface area (Å²) < 4.78 is 59.9. The molecular weight excluding hydrogens is 411 g/mol. The number of halogens is 3. The van der Waals surface area contributed by atoms with E-state index in [0.717, 1.165) is 36.4 Å². The van der Waals surface area contributed by atoms with Gasteiger partial charge in [-0.15, -0.1) is 0 Å². The van der Waals surface area contributed by atoms with Crippen molar-refractivity contribution < 1.29 is 25.6 Å². The van der Waals surface area contributed by atoms with E-state index in [4.69, 9.17) is 43.5 Å². The van der Waals surface area contributed by atoms with E-state index in [1.165, 1.54) is 0 Å². The molecule has 0 amide bonds. The van der Waals surface area contributed by atoms with E-state index < -0.39 is 30.0 Å². The maximum absolute atomic E-state index is 12.2. The SMILES string of the molecule is O=S(=O)(O)c1ccc(OS(=O)(=O)c2cc(Cl)c(Cl)cc2Cl)cc1. The van der Waals surface area contributed by atoms with Crippen LogP contribution in [-0.2, 0) is 20.2 Å². The highest BCUT2D eigenvalue weighted by Gasteiger charge is 2.22. The average molecular weight is 418 g/mol. The van der Waals surface area contributed by atoms with Crippen LogP contribution in [0.5, 0.6) is 5.75 Å². The summed E-state index contributed by atoms with van der Waals surface area (Å²) in [6.07, 6.45) is 0. The second-order valence-electron chi connectivity index (χ2n) is 4.18. The molecule has 2 aromatic rings. The molecule has 124 valence electrons. The van der Waals surface area contributed by atoms with Crippen LogP contribution in [0.4, 0.5) is 0 Å². The fraction of sp³-hybridized carbons (Fsp3) is 0. The minimum absolute atomic E-state index is 0.0278. The van der Waals surface area contributed by atoms with E-state index in [2.05, 4.69) is 0 Å². The molecule has 2 aromatic carbocycles. The highest BCUT2D eigenvalue weighted by atomic mass is 35.5. The first-order chi connectivity index (χ1) is 10.5. The van der Waals surface area contributed by atoms with Crippen LogP contribution < -0.4 is 4.18 Å². The first kappa shape index (κ1) is 18.3. The van der Waals surface area contributed by atoms with Crippen LogP contribution in [-0.4, -0.2) is 21.4 Å². The van der Waals surface area contributed by atoms with Crippen molar-refractivity contribution in [2.75, 3.05) is 0 Å². The molecule has 23 heavy (non-hydrogen) atoms. The summed E-state index contributed by atoms with van der Waals surface area (Å²) in [5.74, 6) is -0.181. The van der Waals surface area contributed by atoms with Crippen molar-refractivity contribution in [2.45, 2.75) is 9.79 Å². The second kappa shape index (κ2) is 6.46. The van der Waals surface area contributed by atoms with Crippen molar-refractivity contribution in [3.8, 4) is 5.75 Å². The lowest BCUT2D eigenvalue weighted by Crippen LogP contribution is -2.10. The summed E-state index contributed by atoms with van der Waals surface area (Å²) in [5.41, 5.74) is 0. The van der Waals surface area contributed by atoms with Crippen molar-refractivity contribution in [2.24, 2.45) is 0 Å². The molecule has 1 N–H and O–H groups in total. The third-order valence-electron chi connectivity index (χ3n) is 2.57. The summed E-state index contributed by atoms with van der Waals surface area (Å²) in [4.78, 5) is -0.803. The topological polar surface area (TPSA) is 97.7 Å². The Morgan fingerprint density at radius 3 is 1.87 bits per heavy atom. The molecule has 0 aliphatic carbocycles. The smallest absolute Gasteiger partial charge is 0.340 e. The fourth-order valence-corrected chi connectivity index (χ4v) is 3.92. The van der Waals surface area contributed by atoms with E-state index in [1.54, 1.807) is 0 Å². The zero-order chi connectivity index (χ0) is 17.4. The molecule has 0 spiro atoms. The molecule has 0 radical (unpaired) electrons. The first-order valence-electron chi connectivity index (χ1n) is 5.67. The van der Waals surface area contributed by atoms with Crippen LogP contribution in [0.3, 0.4) is 0 Å². The van der Waals surface area contributed by atoms with Crippen molar-refractivity contribution in [3.05, 3.63) is 51.5 Å². The molecule has 0 aliphatic heterocycles. The van der Waals surface area contributed by atoms with Crippen LogP contribution in [0.2, 0.25) is 15.1 Å². The number of benzene rings is 2. The Hall–Kier alpha value is -1.03. The third kappa shape index (κ3) is 4.28. The molecule has 6 nitrogen and oxygen atoms in total. The van der Waals surface area contributed by atoms with Gasteiger partial charge in [0, 0.05) is 0 Å².